The second-order valence-corrected chi connectivity index (χ2v) is 10.8. The van der Waals surface area contributed by atoms with Crippen molar-refractivity contribution in [3.63, 3.8) is 0 Å². The minimum absolute atomic E-state index is 0.0170. The number of pyridine rings is 1. The van der Waals surface area contributed by atoms with Gasteiger partial charge in [-0.15, -0.1) is 0 Å². The van der Waals surface area contributed by atoms with Crippen molar-refractivity contribution >= 4 is 0 Å². The van der Waals surface area contributed by atoms with E-state index in [0.29, 0.717) is 6.42 Å². The van der Waals surface area contributed by atoms with Gasteiger partial charge in [0, 0.05) is 22.5 Å². The van der Waals surface area contributed by atoms with Gasteiger partial charge >= 0.3 is 0 Å². The number of hydrogen-bond acceptors (Lipinski definition) is 4. The molecule has 0 radical (unpaired) electrons. The molecule has 1 heterocycles. The van der Waals surface area contributed by atoms with Gasteiger partial charge in [0.15, 0.2) is 0 Å². The van der Waals surface area contributed by atoms with Gasteiger partial charge in [-0.05, 0) is 75.1 Å². The van der Waals surface area contributed by atoms with Crippen LogP contribution in [-0.2, 0) is 6.42 Å². The number of aromatic nitrogens is 1. The summed E-state index contributed by atoms with van der Waals surface area (Å²) in [5, 5.41) is 22.2. The summed E-state index contributed by atoms with van der Waals surface area (Å²) >= 11 is 0. The van der Waals surface area contributed by atoms with Crippen LogP contribution in [0.2, 0.25) is 0 Å². The molecule has 30 heavy (non-hydrogen) atoms. The SMILES string of the molecule is Cc1c2c(nc(C(C)C)c1[C@@H](O)c1ccc(OC(C)(C)C)cc1)CC(C)(C)CC2O. The minimum Gasteiger partial charge on any atom is -0.488 e. The smallest absolute Gasteiger partial charge is 0.120 e. The normalized spacial score (nSPS) is 19.5. The molecule has 3 rings (SSSR count). The van der Waals surface area contributed by atoms with Crippen LogP contribution in [0.3, 0.4) is 0 Å². The summed E-state index contributed by atoms with van der Waals surface area (Å²) in [5.74, 6) is 0.949. The van der Waals surface area contributed by atoms with E-state index < -0.39 is 12.2 Å². The minimum atomic E-state index is -0.800. The maximum Gasteiger partial charge on any atom is 0.120 e. The monoisotopic (exact) mass is 411 g/mol. The average molecular weight is 412 g/mol. The topological polar surface area (TPSA) is 62.6 Å². The van der Waals surface area contributed by atoms with Crippen LogP contribution in [0, 0.1) is 12.3 Å². The van der Waals surface area contributed by atoms with E-state index in [1.54, 1.807) is 0 Å². The Balaban J connectivity index is 2.06. The molecular weight excluding hydrogens is 374 g/mol. The van der Waals surface area contributed by atoms with E-state index in [0.717, 1.165) is 45.8 Å². The van der Waals surface area contributed by atoms with Crippen molar-refractivity contribution < 1.29 is 14.9 Å². The number of aliphatic hydroxyl groups excluding tert-OH is 2. The predicted molar refractivity (Wildman–Crippen MR) is 121 cm³/mol. The van der Waals surface area contributed by atoms with E-state index >= 15 is 0 Å². The van der Waals surface area contributed by atoms with E-state index in [1.165, 1.54) is 0 Å². The lowest BCUT2D eigenvalue weighted by molar-refractivity contribution is 0.0968. The summed E-state index contributed by atoms with van der Waals surface area (Å²) in [6.07, 6.45) is 0.199. The first-order valence-electron chi connectivity index (χ1n) is 11.0. The zero-order valence-electron chi connectivity index (χ0n) is 19.7. The van der Waals surface area contributed by atoms with Gasteiger partial charge in [-0.1, -0.05) is 39.8 Å². The Morgan fingerprint density at radius 3 is 2.27 bits per heavy atom. The van der Waals surface area contributed by atoms with Gasteiger partial charge in [0.25, 0.3) is 0 Å². The molecule has 1 aliphatic rings. The molecular formula is C26H37NO3. The van der Waals surface area contributed by atoms with Crippen LogP contribution in [0.5, 0.6) is 5.75 Å². The molecule has 0 saturated carbocycles. The Bertz CT molecular complexity index is 907. The molecule has 2 atom stereocenters. The number of benzene rings is 1. The average Bonchev–Trinajstić information content (AvgIpc) is 2.58. The molecule has 4 heteroatoms. The van der Waals surface area contributed by atoms with Crippen LogP contribution in [0.15, 0.2) is 24.3 Å². The number of rotatable bonds is 4. The molecule has 0 spiro atoms. The Labute approximate surface area is 181 Å². The molecule has 1 unspecified atom stereocenters. The molecule has 2 N–H and O–H groups in total. The summed E-state index contributed by atoms with van der Waals surface area (Å²) in [6.45, 7) is 16.6. The summed E-state index contributed by atoms with van der Waals surface area (Å²) in [4.78, 5) is 4.99. The maximum absolute atomic E-state index is 11.4. The van der Waals surface area contributed by atoms with Crippen LogP contribution in [0.25, 0.3) is 0 Å². The van der Waals surface area contributed by atoms with Gasteiger partial charge in [0.1, 0.15) is 17.5 Å². The van der Waals surface area contributed by atoms with E-state index in [2.05, 4.69) is 27.7 Å². The van der Waals surface area contributed by atoms with Gasteiger partial charge in [-0.25, -0.2) is 0 Å². The predicted octanol–water partition coefficient (Wildman–Crippen LogP) is 5.78. The lowest BCUT2D eigenvalue weighted by Gasteiger charge is -2.36. The molecule has 1 aromatic heterocycles. The third-order valence-electron chi connectivity index (χ3n) is 5.82. The summed E-state index contributed by atoms with van der Waals surface area (Å²) in [5.41, 5.74) is 5.13. The van der Waals surface area contributed by atoms with Crippen molar-refractivity contribution in [1.82, 2.24) is 4.98 Å². The van der Waals surface area contributed by atoms with Crippen LogP contribution in [0.4, 0.5) is 0 Å². The van der Waals surface area contributed by atoms with Gasteiger partial charge in [-0.3, -0.25) is 4.98 Å². The lowest BCUT2D eigenvalue weighted by Crippen LogP contribution is -2.29. The van der Waals surface area contributed by atoms with Gasteiger partial charge in [0.2, 0.25) is 0 Å². The van der Waals surface area contributed by atoms with Crippen LogP contribution < -0.4 is 4.74 Å². The zero-order chi connectivity index (χ0) is 22.4. The molecule has 0 bridgehead atoms. The van der Waals surface area contributed by atoms with E-state index in [4.69, 9.17) is 9.72 Å². The fraction of sp³-hybridized carbons (Fsp3) is 0.577. The van der Waals surface area contributed by atoms with Gasteiger partial charge < -0.3 is 14.9 Å². The highest BCUT2D eigenvalue weighted by atomic mass is 16.5. The van der Waals surface area contributed by atoms with Crippen molar-refractivity contribution in [1.29, 1.82) is 0 Å². The second-order valence-electron chi connectivity index (χ2n) is 10.8. The summed E-state index contributed by atoms with van der Waals surface area (Å²) in [6, 6.07) is 7.62. The van der Waals surface area contributed by atoms with Crippen molar-refractivity contribution in [3.05, 3.63) is 57.9 Å². The standard InChI is InChI=1S/C26H37NO3/c1-15(2)23-22(16(3)21-19(27-23)13-26(7,8)14-20(21)28)24(29)17-9-11-18(12-10-17)30-25(4,5)6/h9-12,15,20,24,28-29H,13-14H2,1-8H3/t20?,24-/m0/s1. The van der Waals surface area contributed by atoms with Crippen molar-refractivity contribution in [2.45, 2.75) is 92.0 Å². The molecule has 0 aliphatic heterocycles. The highest BCUT2D eigenvalue weighted by Gasteiger charge is 2.36. The highest BCUT2D eigenvalue weighted by molar-refractivity contribution is 5.48. The Hall–Kier alpha value is -1.91. The number of aliphatic hydroxyl groups is 2. The first-order chi connectivity index (χ1) is 13.8. The van der Waals surface area contributed by atoms with Gasteiger partial charge in [-0.2, -0.15) is 0 Å². The molecule has 164 valence electrons. The number of fused-ring (bicyclic) bond motifs is 1. The van der Waals surface area contributed by atoms with E-state index in [-0.39, 0.29) is 16.9 Å². The van der Waals surface area contributed by atoms with Crippen LogP contribution in [0.1, 0.15) is 107 Å². The maximum atomic E-state index is 11.4. The lowest BCUT2D eigenvalue weighted by atomic mass is 9.72. The number of hydrogen-bond donors (Lipinski definition) is 2. The third-order valence-corrected chi connectivity index (χ3v) is 5.82. The van der Waals surface area contributed by atoms with Crippen LogP contribution >= 0.6 is 0 Å². The number of nitrogens with zero attached hydrogens (tertiary/aromatic N) is 1. The molecule has 2 aromatic rings. The molecule has 0 saturated heterocycles. The Morgan fingerprint density at radius 1 is 1.13 bits per heavy atom. The fourth-order valence-corrected chi connectivity index (χ4v) is 4.57. The summed E-state index contributed by atoms with van der Waals surface area (Å²) < 4.78 is 5.91. The van der Waals surface area contributed by atoms with E-state index in [1.807, 2.05) is 52.0 Å². The summed E-state index contributed by atoms with van der Waals surface area (Å²) in [7, 11) is 0. The van der Waals surface area contributed by atoms with Crippen molar-refractivity contribution in [2.24, 2.45) is 5.41 Å². The molecule has 1 aromatic carbocycles. The largest absolute Gasteiger partial charge is 0.488 e. The number of ether oxygens (including phenoxy) is 1. The molecule has 1 aliphatic carbocycles. The second kappa shape index (κ2) is 7.97. The zero-order valence-corrected chi connectivity index (χ0v) is 19.7. The fourth-order valence-electron chi connectivity index (χ4n) is 4.57. The quantitative estimate of drug-likeness (QED) is 0.669. The van der Waals surface area contributed by atoms with Crippen molar-refractivity contribution in [2.75, 3.05) is 0 Å². The van der Waals surface area contributed by atoms with E-state index in [9.17, 15) is 10.2 Å². The Morgan fingerprint density at radius 2 is 1.73 bits per heavy atom. The molecule has 0 amide bonds. The first-order valence-corrected chi connectivity index (χ1v) is 11.0. The molecule has 4 nitrogen and oxygen atoms in total. The Kier molecular flexibility index (Phi) is 6.05. The molecule has 0 fully saturated rings. The highest BCUT2D eigenvalue weighted by Crippen LogP contribution is 2.44. The first kappa shape index (κ1) is 22.8. The third kappa shape index (κ3) is 4.70. The van der Waals surface area contributed by atoms with Crippen LogP contribution in [-0.4, -0.2) is 20.8 Å². The van der Waals surface area contributed by atoms with Crippen molar-refractivity contribution in [3.8, 4) is 5.75 Å². The van der Waals surface area contributed by atoms with Gasteiger partial charge in [0.05, 0.1) is 6.10 Å².